The van der Waals surface area contributed by atoms with E-state index in [1.165, 1.54) is 0 Å². The molecule has 0 aliphatic carbocycles. The fourth-order valence-electron chi connectivity index (χ4n) is 1.68. The highest BCUT2D eigenvalue weighted by molar-refractivity contribution is 6.31. The monoisotopic (exact) mass is 277 g/mol. The Hall–Kier alpha value is -2.00. The lowest BCUT2D eigenvalue weighted by molar-refractivity contribution is -0.131. The molecule has 0 heterocycles. The van der Waals surface area contributed by atoms with Gasteiger partial charge in [0.15, 0.2) is 0 Å². The standard InChI is InChI=1S/C15H16ClNO2/c1-3-9-17(10-4-2)14-11-13(16)7-5-12(14)6-8-15(18)19/h3-8,11H,1-2,9-10H2,(H,18,19)/b8-6+. The molecule has 0 atom stereocenters. The molecule has 1 aromatic carbocycles. The molecule has 0 amide bonds. The van der Waals surface area contributed by atoms with E-state index >= 15 is 0 Å². The van der Waals surface area contributed by atoms with Gasteiger partial charge in [-0.1, -0.05) is 29.8 Å². The third-order valence-corrected chi connectivity index (χ3v) is 2.67. The summed E-state index contributed by atoms with van der Waals surface area (Å²) in [4.78, 5) is 12.6. The number of hydrogen-bond acceptors (Lipinski definition) is 2. The Morgan fingerprint density at radius 1 is 1.32 bits per heavy atom. The molecule has 1 rings (SSSR count). The van der Waals surface area contributed by atoms with Crippen molar-refractivity contribution in [3.8, 4) is 0 Å². The van der Waals surface area contributed by atoms with E-state index in [0.717, 1.165) is 17.3 Å². The minimum atomic E-state index is -0.986. The van der Waals surface area contributed by atoms with Crippen LogP contribution in [0, 0.1) is 0 Å². The van der Waals surface area contributed by atoms with Crippen molar-refractivity contribution in [3.63, 3.8) is 0 Å². The zero-order valence-corrected chi connectivity index (χ0v) is 11.3. The zero-order valence-electron chi connectivity index (χ0n) is 10.6. The lowest BCUT2D eigenvalue weighted by Crippen LogP contribution is -2.23. The molecule has 0 bridgehead atoms. The van der Waals surface area contributed by atoms with E-state index < -0.39 is 5.97 Å². The van der Waals surface area contributed by atoms with Crippen LogP contribution < -0.4 is 4.90 Å². The minimum absolute atomic E-state index is 0.598. The lowest BCUT2D eigenvalue weighted by atomic mass is 10.1. The molecule has 0 saturated carbocycles. The van der Waals surface area contributed by atoms with Crippen molar-refractivity contribution in [1.82, 2.24) is 0 Å². The van der Waals surface area contributed by atoms with Crippen molar-refractivity contribution in [2.45, 2.75) is 0 Å². The van der Waals surface area contributed by atoms with Crippen molar-refractivity contribution in [2.24, 2.45) is 0 Å². The molecule has 1 aromatic rings. The van der Waals surface area contributed by atoms with Gasteiger partial charge in [-0.3, -0.25) is 0 Å². The van der Waals surface area contributed by atoms with Gasteiger partial charge < -0.3 is 10.0 Å². The second-order valence-electron chi connectivity index (χ2n) is 3.86. The number of carboxylic acid groups (broad SMARTS) is 1. The maximum absolute atomic E-state index is 10.6. The normalized spacial score (nSPS) is 10.4. The van der Waals surface area contributed by atoms with Gasteiger partial charge in [0.05, 0.1) is 0 Å². The first kappa shape index (κ1) is 15.1. The van der Waals surface area contributed by atoms with Crippen molar-refractivity contribution < 1.29 is 9.90 Å². The highest BCUT2D eigenvalue weighted by atomic mass is 35.5. The number of rotatable bonds is 7. The maximum Gasteiger partial charge on any atom is 0.328 e. The summed E-state index contributed by atoms with van der Waals surface area (Å²) in [5.74, 6) is -0.986. The predicted octanol–water partition coefficient (Wildman–Crippen LogP) is 3.62. The van der Waals surface area contributed by atoms with Crippen molar-refractivity contribution >= 4 is 29.3 Å². The van der Waals surface area contributed by atoms with E-state index in [1.54, 1.807) is 36.4 Å². The van der Waals surface area contributed by atoms with Gasteiger partial charge in [-0.05, 0) is 23.8 Å². The van der Waals surface area contributed by atoms with Gasteiger partial charge in [-0.15, -0.1) is 13.2 Å². The average molecular weight is 278 g/mol. The van der Waals surface area contributed by atoms with E-state index in [-0.39, 0.29) is 0 Å². The summed E-state index contributed by atoms with van der Waals surface area (Å²) in [5.41, 5.74) is 1.64. The van der Waals surface area contributed by atoms with Crippen LogP contribution in [0.1, 0.15) is 5.56 Å². The number of carbonyl (C=O) groups is 1. The molecular weight excluding hydrogens is 262 g/mol. The quantitative estimate of drug-likeness (QED) is 0.611. The average Bonchev–Trinajstić information content (AvgIpc) is 2.37. The fourth-order valence-corrected chi connectivity index (χ4v) is 1.84. The Kier molecular flexibility index (Phi) is 5.90. The highest BCUT2D eigenvalue weighted by Gasteiger charge is 2.08. The zero-order chi connectivity index (χ0) is 14.3. The Balaban J connectivity index is 3.20. The number of halogens is 1. The van der Waals surface area contributed by atoms with E-state index in [1.807, 2.05) is 4.90 Å². The molecule has 0 saturated heterocycles. The van der Waals surface area contributed by atoms with E-state index in [0.29, 0.717) is 18.1 Å². The molecule has 1 N–H and O–H groups in total. The van der Waals surface area contributed by atoms with Crippen LogP contribution in [0.2, 0.25) is 5.02 Å². The Morgan fingerprint density at radius 2 is 1.95 bits per heavy atom. The molecule has 0 radical (unpaired) electrons. The molecule has 0 aliphatic heterocycles. The number of nitrogens with zero attached hydrogens (tertiary/aromatic N) is 1. The minimum Gasteiger partial charge on any atom is -0.478 e. The summed E-state index contributed by atoms with van der Waals surface area (Å²) < 4.78 is 0. The molecule has 0 fully saturated rings. The molecule has 4 heteroatoms. The van der Waals surface area contributed by atoms with Crippen LogP contribution in [0.3, 0.4) is 0 Å². The number of aliphatic carboxylic acids is 1. The first-order valence-electron chi connectivity index (χ1n) is 5.75. The molecule has 3 nitrogen and oxygen atoms in total. The molecule has 100 valence electrons. The van der Waals surface area contributed by atoms with Gasteiger partial charge in [0.2, 0.25) is 0 Å². The van der Waals surface area contributed by atoms with Crippen LogP contribution in [0.4, 0.5) is 5.69 Å². The highest BCUT2D eigenvalue weighted by Crippen LogP contribution is 2.26. The molecular formula is C15H16ClNO2. The van der Waals surface area contributed by atoms with Gasteiger partial charge in [-0.25, -0.2) is 4.79 Å². The summed E-state index contributed by atoms with van der Waals surface area (Å²) in [6, 6.07) is 5.32. The van der Waals surface area contributed by atoms with Crippen LogP contribution >= 0.6 is 11.6 Å². The second kappa shape index (κ2) is 7.44. The largest absolute Gasteiger partial charge is 0.478 e. The summed E-state index contributed by atoms with van der Waals surface area (Å²) in [6.07, 6.45) is 6.20. The van der Waals surface area contributed by atoms with Crippen molar-refractivity contribution in [3.05, 3.63) is 60.2 Å². The van der Waals surface area contributed by atoms with Gasteiger partial charge in [0.25, 0.3) is 0 Å². The predicted molar refractivity (Wildman–Crippen MR) is 80.7 cm³/mol. The number of benzene rings is 1. The topological polar surface area (TPSA) is 40.5 Å². The van der Waals surface area contributed by atoms with Gasteiger partial charge in [-0.2, -0.15) is 0 Å². The van der Waals surface area contributed by atoms with E-state index in [2.05, 4.69) is 13.2 Å². The molecule has 0 aliphatic rings. The summed E-state index contributed by atoms with van der Waals surface area (Å²) in [5, 5.41) is 9.30. The van der Waals surface area contributed by atoms with Crippen LogP contribution in [-0.2, 0) is 4.79 Å². The first-order valence-corrected chi connectivity index (χ1v) is 6.13. The van der Waals surface area contributed by atoms with Crippen LogP contribution in [-0.4, -0.2) is 24.2 Å². The summed E-state index contributed by atoms with van der Waals surface area (Å²) in [6.45, 7) is 8.68. The Morgan fingerprint density at radius 3 is 2.47 bits per heavy atom. The van der Waals surface area contributed by atoms with E-state index in [9.17, 15) is 4.79 Å². The van der Waals surface area contributed by atoms with Crippen LogP contribution in [0.5, 0.6) is 0 Å². The van der Waals surface area contributed by atoms with Crippen molar-refractivity contribution in [2.75, 3.05) is 18.0 Å². The first-order chi connectivity index (χ1) is 9.08. The SMILES string of the molecule is C=CCN(CC=C)c1cc(Cl)ccc1/C=C/C(=O)O. The molecule has 0 unspecified atom stereocenters. The number of hydrogen-bond donors (Lipinski definition) is 1. The smallest absolute Gasteiger partial charge is 0.328 e. The molecule has 19 heavy (non-hydrogen) atoms. The Labute approximate surface area is 118 Å². The fraction of sp³-hybridized carbons (Fsp3) is 0.133. The van der Waals surface area contributed by atoms with Gasteiger partial charge in [0.1, 0.15) is 0 Å². The third-order valence-electron chi connectivity index (χ3n) is 2.44. The maximum atomic E-state index is 10.6. The van der Waals surface area contributed by atoms with Crippen LogP contribution in [0.15, 0.2) is 49.6 Å². The number of anilines is 1. The third kappa shape index (κ3) is 4.64. The summed E-state index contributed by atoms with van der Waals surface area (Å²) >= 11 is 6.01. The van der Waals surface area contributed by atoms with Gasteiger partial charge >= 0.3 is 5.97 Å². The van der Waals surface area contributed by atoms with Crippen molar-refractivity contribution in [1.29, 1.82) is 0 Å². The van der Waals surface area contributed by atoms with Crippen LogP contribution in [0.25, 0.3) is 6.08 Å². The lowest BCUT2D eigenvalue weighted by Gasteiger charge is -2.24. The molecule has 0 aromatic heterocycles. The Bertz CT molecular complexity index is 499. The van der Waals surface area contributed by atoms with Gasteiger partial charge in [0, 0.05) is 29.9 Å². The second-order valence-corrected chi connectivity index (χ2v) is 4.29. The number of carboxylic acids is 1. The van der Waals surface area contributed by atoms with E-state index in [4.69, 9.17) is 16.7 Å². The molecule has 0 spiro atoms. The summed E-state index contributed by atoms with van der Waals surface area (Å²) in [7, 11) is 0.